The summed E-state index contributed by atoms with van der Waals surface area (Å²) in [6.45, 7) is 0. The van der Waals surface area contributed by atoms with E-state index < -0.39 is 20.9 Å². The first kappa shape index (κ1) is 23.8. The molecule has 3 atom stereocenters. The molecule has 0 amide bonds. The smallest absolute Gasteiger partial charge is 0.335 e. The van der Waals surface area contributed by atoms with Gasteiger partial charge in [-0.1, -0.05) is 23.8 Å². The SMILES string of the molecule is O=C(O)c1ccc(NS(=O)(=O)c2ccc3c(c2)[C@H]2C=CC[C@H]2[C@@H](c2cc([N+](=O)[O-])ccc2Cl)N3)cc1. The number of allylic oxidation sites excluding steroid dienone is 2. The third-order valence-electron chi connectivity index (χ3n) is 6.55. The third-order valence-corrected chi connectivity index (χ3v) is 8.28. The van der Waals surface area contributed by atoms with Gasteiger partial charge in [-0.3, -0.25) is 14.8 Å². The highest BCUT2D eigenvalue weighted by Gasteiger charge is 2.39. The van der Waals surface area contributed by atoms with Crippen molar-refractivity contribution >= 4 is 44.7 Å². The molecule has 9 nitrogen and oxygen atoms in total. The minimum absolute atomic E-state index is 0.00789. The van der Waals surface area contributed by atoms with Gasteiger partial charge in [-0.25, -0.2) is 13.2 Å². The molecule has 0 saturated heterocycles. The molecule has 0 aromatic heterocycles. The molecule has 0 unspecified atom stereocenters. The second-order valence-corrected chi connectivity index (χ2v) is 10.8. The number of sulfonamides is 1. The lowest BCUT2D eigenvalue weighted by Crippen LogP contribution is -2.29. The molecule has 3 N–H and O–H groups in total. The van der Waals surface area contributed by atoms with E-state index in [9.17, 15) is 23.3 Å². The maximum Gasteiger partial charge on any atom is 0.335 e. The van der Waals surface area contributed by atoms with Crippen molar-refractivity contribution in [3.8, 4) is 0 Å². The molecule has 0 saturated carbocycles. The van der Waals surface area contributed by atoms with Gasteiger partial charge in [0.05, 0.1) is 21.4 Å². The van der Waals surface area contributed by atoms with Crippen LogP contribution >= 0.6 is 11.6 Å². The molecule has 2 aliphatic rings. The number of hydrogen-bond donors (Lipinski definition) is 3. The lowest BCUT2D eigenvalue weighted by molar-refractivity contribution is -0.384. The van der Waals surface area contributed by atoms with Crippen molar-refractivity contribution in [2.24, 2.45) is 5.92 Å². The zero-order chi connectivity index (χ0) is 25.6. The van der Waals surface area contributed by atoms with Crippen LogP contribution in [0.25, 0.3) is 0 Å². The predicted octanol–water partition coefficient (Wildman–Crippen LogP) is 5.57. The topological polar surface area (TPSA) is 139 Å². The van der Waals surface area contributed by atoms with E-state index in [1.54, 1.807) is 12.1 Å². The van der Waals surface area contributed by atoms with E-state index >= 15 is 0 Å². The normalized spacial score (nSPS) is 20.2. The molecule has 1 heterocycles. The van der Waals surface area contributed by atoms with Gasteiger partial charge in [0.25, 0.3) is 15.7 Å². The molecule has 0 radical (unpaired) electrons. The zero-order valence-corrected chi connectivity index (χ0v) is 20.2. The Morgan fingerprint density at radius 2 is 1.83 bits per heavy atom. The Kier molecular flexibility index (Phi) is 5.93. The minimum Gasteiger partial charge on any atom is -0.478 e. The number of benzene rings is 3. The van der Waals surface area contributed by atoms with E-state index in [1.165, 1.54) is 48.5 Å². The highest BCUT2D eigenvalue weighted by atomic mass is 35.5. The Bertz CT molecular complexity index is 1520. The van der Waals surface area contributed by atoms with Crippen molar-refractivity contribution < 1.29 is 23.2 Å². The maximum atomic E-state index is 13.1. The number of anilines is 2. The Balaban J connectivity index is 1.47. The Morgan fingerprint density at radius 3 is 2.53 bits per heavy atom. The van der Waals surface area contributed by atoms with E-state index in [-0.39, 0.29) is 39.7 Å². The Morgan fingerprint density at radius 1 is 1.08 bits per heavy atom. The van der Waals surface area contributed by atoms with Crippen LogP contribution < -0.4 is 10.0 Å². The number of nitro benzene ring substituents is 1. The number of fused-ring (bicyclic) bond motifs is 3. The molecule has 0 spiro atoms. The largest absolute Gasteiger partial charge is 0.478 e. The number of aromatic carboxylic acids is 1. The highest BCUT2D eigenvalue weighted by molar-refractivity contribution is 7.92. The van der Waals surface area contributed by atoms with Gasteiger partial charge in [0.15, 0.2) is 0 Å². The van der Waals surface area contributed by atoms with Crippen LogP contribution in [-0.2, 0) is 10.0 Å². The van der Waals surface area contributed by atoms with Gasteiger partial charge < -0.3 is 10.4 Å². The maximum absolute atomic E-state index is 13.1. The fraction of sp³-hybridized carbons (Fsp3) is 0.160. The molecule has 1 aliphatic carbocycles. The fourth-order valence-corrected chi connectivity index (χ4v) is 6.15. The number of rotatable bonds is 6. The summed E-state index contributed by atoms with van der Waals surface area (Å²) in [6, 6.07) is 14.3. The van der Waals surface area contributed by atoms with Crippen LogP contribution in [0.4, 0.5) is 17.1 Å². The molecule has 3 aromatic carbocycles. The Hall–Kier alpha value is -3.89. The van der Waals surface area contributed by atoms with Crippen LogP contribution in [0, 0.1) is 16.0 Å². The monoisotopic (exact) mass is 525 g/mol. The predicted molar refractivity (Wildman–Crippen MR) is 135 cm³/mol. The van der Waals surface area contributed by atoms with Crippen molar-refractivity contribution in [1.82, 2.24) is 0 Å². The summed E-state index contributed by atoms with van der Waals surface area (Å²) in [5.74, 6) is -1.21. The summed E-state index contributed by atoms with van der Waals surface area (Å²) in [7, 11) is -3.94. The number of halogens is 1. The lowest BCUT2D eigenvalue weighted by atomic mass is 9.77. The number of nitrogens with one attached hydrogen (secondary N) is 2. The second-order valence-electron chi connectivity index (χ2n) is 8.68. The van der Waals surface area contributed by atoms with E-state index in [4.69, 9.17) is 16.7 Å². The third kappa shape index (κ3) is 4.29. The number of non-ortho nitro benzene ring substituents is 1. The van der Waals surface area contributed by atoms with Crippen LogP contribution in [0.15, 0.2) is 77.7 Å². The number of carbonyl (C=O) groups is 1. The standard InChI is InChI=1S/C25H20ClN3O6S/c26-22-10-8-16(29(32)33)12-21(22)24-19-3-1-2-18(19)20-13-17(9-11-23(20)27-24)36(34,35)28-15-6-4-14(5-7-15)25(30)31/h1-2,4-13,18-19,24,27-28H,3H2,(H,30,31)/t18-,19+,24-/m0/s1. The zero-order valence-electron chi connectivity index (χ0n) is 18.6. The van der Waals surface area contributed by atoms with Crippen LogP contribution in [0.2, 0.25) is 5.02 Å². The van der Waals surface area contributed by atoms with Crippen molar-refractivity contribution in [2.45, 2.75) is 23.3 Å². The van der Waals surface area contributed by atoms with Gasteiger partial charge >= 0.3 is 5.97 Å². The molecular weight excluding hydrogens is 506 g/mol. The molecule has 3 aromatic rings. The first-order chi connectivity index (χ1) is 17.1. The molecular formula is C25H20ClN3O6S. The number of hydrogen-bond acceptors (Lipinski definition) is 6. The molecule has 0 bridgehead atoms. The molecule has 11 heteroatoms. The average molecular weight is 526 g/mol. The fourth-order valence-electron chi connectivity index (χ4n) is 4.83. The molecule has 36 heavy (non-hydrogen) atoms. The highest BCUT2D eigenvalue weighted by Crippen LogP contribution is 2.51. The first-order valence-corrected chi connectivity index (χ1v) is 12.9. The second kappa shape index (κ2) is 8.96. The van der Waals surface area contributed by atoms with Gasteiger partial charge in [0.1, 0.15) is 0 Å². The van der Waals surface area contributed by atoms with Crippen LogP contribution in [0.5, 0.6) is 0 Å². The van der Waals surface area contributed by atoms with E-state index in [1.807, 2.05) is 12.2 Å². The quantitative estimate of drug-likeness (QED) is 0.217. The minimum atomic E-state index is -3.94. The number of carboxylic acid groups (broad SMARTS) is 1. The van der Waals surface area contributed by atoms with Gasteiger partial charge in [-0.15, -0.1) is 0 Å². The van der Waals surface area contributed by atoms with E-state index in [2.05, 4.69) is 10.0 Å². The molecule has 184 valence electrons. The van der Waals surface area contributed by atoms with Crippen molar-refractivity contribution in [1.29, 1.82) is 0 Å². The average Bonchev–Trinajstić information content (AvgIpc) is 3.34. The van der Waals surface area contributed by atoms with Crippen molar-refractivity contribution in [3.05, 3.63) is 105 Å². The lowest BCUT2D eigenvalue weighted by Gasteiger charge is -2.38. The summed E-state index contributed by atoms with van der Waals surface area (Å²) >= 11 is 6.44. The van der Waals surface area contributed by atoms with Gasteiger partial charge in [-0.05, 0) is 66.4 Å². The van der Waals surface area contributed by atoms with Gasteiger partial charge in [0.2, 0.25) is 0 Å². The molecule has 1 aliphatic heterocycles. The van der Waals surface area contributed by atoms with Crippen molar-refractivity contribution in [2.75, 3.05) is 10.0 Å². The van der Waals surface area contributed by atoms with Crippen LogP contribution in [-0.4, -0.2) is 24.4 Å². The first-order valence-electron chi connectivity index (χ1n) is 11.0. The number of carboxylic acids is 1. The van der Waals surface area contributed by atoms with E-state index in [0.717, 1.165) is 11.3 Å². The summed E-state index contributed by atoms with van der Waals surface area (Å²) in [5.41, 5.74) is 2.40. The summed E-state index contributed by atoms with van der Waals surface area (Å²) < 4.78 is 28.7. The molecule has 5 rings (SSSR count). The van der Waals surface area contributed by atoms with Crippen LogP contribution in [0.3, 0.4) is 0 Å². The summed E-state index contributed by atoms with van der Waals surface area (Å²) in [6.07, 6.45) is 4.75. The number of nitro groups is 1. The van der Waals surface area contributed by atoms with Gasteiger partial charge in [0, 0.05) is 40.0 Å². The van der Waals surface area contributed by atoms with Crippen LogP contribution in [0.1, 0.15) is 39.9 Å². The van der Waals surface area contributed by atoms with Gasteiger partial charge in [-0.2, -0.15) is 0 Å². The molecule has 0 fully saturated rings. The van der Waals surface area contributed by atoms with Crippen molar-refractivity contribution in [3.63, 3.8) is 0 Å². The van der Waals surface area contributed by atoms with E-state index in [0.29, 0.717) is 17.0 Å². The Labute approximate surface area is 211 Å². The summed E-state index contributed by atoms with van der Waals surface area (Å²) in [5, 5.41) is 24.2. The number of nitrogens with zero attached hydrogens (tertiary/aromatic N) is 1. The summed E-state index contributed by atoms with van der Waals surface area (Å²) in [4.78, 5) is 22.0.